The lowest BCUT2D eigenvalue weighted by Crippen LogP contribution is -2.45. The molecule has 2 saturated heterocycles. The highest BCUT2D eigenvalue weighted by Crippen LogP contribution is 2.27. The maximum atomic E-state index is 5.47. The average molecular weight is 234 g/mol. The summed E-state index contributed by atoms with van der Waals surface area (Å²) < 4.78 is 5.47. The molecule has 0 spiro atoms. The van der Waals surface area contributed by atoms with E-state index in [-0.39, 0.29) is 0 Å². The fourth-order valence-corrected chi connectivity index (χ4v) is 3.23. The number of furan rings is 1. The first-order valence-electron chi connectivity index (χ1n) is 6.83. The van der Waals surface area contributed by atoms with Gasteiger partial charge in [-0.25, -0.2) is 0 Å². The van der Waals surface area contributed by atoms with Crippen LogP contribution in [-0.2, 0) is 6.54 Å². The molecule has 0 saturated carbocycles. The lowest BCUT2D eigenvalue weighted by molar-refractivity contribution is 0.165. The Kier molecular flexibility index (Phi) is 3.21. The van der Waals surface area contributed by atoms with E-state index in [9.17, 15) is 0 Å². The Morgan fingerprint density at radius 1 is 1.41 bits per heavy atom. The van der Waals surface area contributed by atoms with Gasteiger partial charge in [0.1, 0.15) is 5.76 Å². The molecular formula is C14H22N2O. The molecule has 0 aromatic carbocycles. The van der Waals surface area contributed by atoms with E-state index in [2.05, 4.69) is 17.1 Å². The molecule has 1 N–H and O–H groups in total. The topological polar surface area (TPSA) is 28.4 Å². The number of rotatable bonds is 3. The normalized spacial score (nSPS) is 29.5. The molecule has 2 aliphatic heterocycles. The minimum Gasteiger partial charge on any atom is -0.468 e. The van der Waals surface area contributed by atoms with Crippen molar-refractivity contribution in [2.45, 2.75) is 51.2 Å². The fourth-order valence-electron chi connectivity index (χ4n) is 3.23. The molecule has 2 atom stereocenters. The van der Waals surface area contributed by atoms with Crippen LogP contribution >= 0.6 is 0 Å². The second-order valence-electron chi connectivity index (χ2n) is 5.46. The number of hydrogen-bond acceptors (Lipinski definition) is 3. The summed E-state index contributed by atoms with van der Waals surface area (Å²) >= 11 is 0. The minimum absolute atomic E-state index is 0.679. The molecule has 1 aromatic rings. The van der Waals surface area contributed by atoms with Crippen LogP contribution in [0.2, 0.25) is 0 Å². The molecule has 17 heavy (non-hydrogen) atoms. The summed E-state index contributed by atoms with van der Waals surface area (Å²) in [5, 5.41) is 3.66. The number of hydrogen-bond donors (Lipinski definition) is 1. The molecule has 0 radical (unpaired) electrons. The number of fused-ring (bicyclic) bond motifs is 1. The highest BCUT2D eigenvalue weighted by Gasteiger charge is 2.31. The van der Waals surface area contributed by atoms with Crippen molar-refractivity contribution in [2.75, 3.05) is 13.1 Å². The van der Waals surface area contributed by atoms with Crippen LogP contribution in [0.3, 0.4) is 0 Å². The molecular weight excluding hydrogens is 212 g/mol. The lowest BCUT2D eigenvalue weighted by Gasteiger charge is -2.35. The van der Waals surface area contributed by atoms with E-state index in [1.807, 2.05) is 6.07 Å². The highest BCUT2D eigenvalue weighted by molar-refractivity contribution is 5.14. The quantitative estimate of drug-likeness (QED) is 0.870. The van der Waals surface area contributed by atoms with Crippen molar-refractivity contribution >= 4 is 0 Å². The Bertz CT molecular complexity index is 374. The first kappa shape index (κ1) is 11.3. The van der Waals surface area contributed by atoms with Crippen molar-refractivity contribution in [3.8, 4) is 0 Å². The summed E-state index contributed by atoms with van der Waals surface area (Å²) in [5.41, 5.74) is 1.26. The zero-order valence-electron chi connectivity index (χ0n) is 10.6. The van der Waals surface area contributed by atoms with Gasteiger partial charge in [-0.15, -0.1) is 0 Å². The Morgan fingerprint density at radius 2 is 2.35 bits per heavy atom. The summed E-state index contributed by atoms with van der Waals surface area (Å²) in [6.07, 6.45) is 7.19. The van der Waals surface area contributed by atoms with Crippen LogP contribution in [0, 0.1) is 6.92 Å². The number of aryl methyl sites for hydroxylation is 1. The van der Waals surface area contributed by atoms with Gasteiger partial charge in [0.05, 0.1) is 12.8 Å². The number of nitrogens with zero attached hydrogens (tertiary/aromatic N) is 1. The molecule has 2 aliphatic rings. The Labute approximate surface area is 103 Å². The first-order valence-corrected chi connectivity index (χ1v) is 6.83. The van der Waals surface area contributed by atoms with Crippen LogP contribution in [0.4, 0.5) is 0 Å². The number of nitrogens with one attached hydrogen (secondary N) is 1. The summed E-state index contributed by atoms with van der Waals surface area (Å²) in [6.45, 7) is 5.60. The van der Waals surface area contributed by atoms with Gasteiger partial charge in [-0.3, -0.25) is 0 Å². The maximum Gasteiger partial charge on any atom is 0.120 e. The van der Waals surface area contributed by atoms with Gasteiger partial charge >= 0.3 is 0 Å². The molecule has 3 rings (SSSR count). The summed E-state index contributed by atoms with van der Waals surface area (Å²) in [7, 11) is 0. The third-order valence-electron chi connectivity index (χ3n) is 4.34. The number of piperidine rings is 1. The Morgan fingerprint density at radius 3 is 3.18 bits per heavy atom. The third kappa shape index (κ3) is 2.40. The Hall–Kier alpha value is -0.800. The van der Waals surface area contributed by atoms with Crippen LogP contribution in [0.15, 0.2) is 16.7 Å². The van der Waals surface area contributed by atoms with Gasteiger partial charge in [-0.1, -0.05) is 0 Å². The lowest BCUT2D eigenvalue weighted by atomic mass is 9.97. The van der Waals surface area contributed by atoms with Gasteiger partial charge in [0, 0.05) is 12.1 Å². The summed E-state index contributed by atoms with van der Waals surface area (Å²) in [5.74, 6) is 1.10. The maximum absolute atomic E-state index is 5.47. The van der Waals surface area contributed by atoms with Crippen molar-refractivity contribution in [3.63, 3.8) is 0 Å². The van der Waals surface area contributed by atoms with Crippen LogP contribution in [0.1, 0.15) is 37.0 Å². The van der Waals surface area contributed by atoms with E-state index in [1.165, 1.54) is 44.3 Å². The van der Waals surface area contributed by atoms with Gasteiger partial charge in [0.2, 0.25) is 0 Å². The molecule has 94 valence electrons. The van der Waals surface area contributed by atoms with Crippen LogP contribution < -0.4 is 5.32 Å². The van der Waals surface area contributed by atoms with Crippen molar-refractivity contribution in [1.29, 1.82) is 0 Å². The smallest absolute Gasteiger partial charge is 0.120 e. The van der Waals surface area contributed by atoms with Crippen molar-refractivity contribution < 1.29 is 4.42 Å². The summed E-state index contributed by atoms with van der Waals surface area (Å²) in [4.78, 5) is 2.66. The van der Waals surface area contributed by atoms with Crippen LogP contribution in [0.25, 0.3) is 0 Å². The zero-order valence-corrected chi connectivity index (χ0v) is 10.6. The predicted octanol–water partition coefficient (Wildman–Crippen LogP) is 2.30. The third-order valence-corrected chi connectivity index (χ3v) is 4.34. The molecule has 0 amide bonds. The summed E-state index contributed by atoms with van der Waals surface area (Å²) in [6, 6.07) is 3.56. The van der Waals surface area contributed by atoms with Crippen LogP contribution in [-0.4, -0.2) is 30.1 Å². The van der Waals surface area contributed by atoms with Crippen molar-refractivity contribution in [1.82, 2.24) is 10.2 Å². The largest absolute Gasteiger partial charge is 0.468 e. The van der Waals surface area contributed by atoms with Gasteiger partial charge in [0.15, 0.2) is 0 Å². The second kappa shape index (κ2) is 4.83. The standard InChI is InChI=1S/C14H22N2O/c1-11-5-8-17-14(11)10-15-12-4-7-16-6-2-3-13(16)9-12/h5,8,12-13,15H,2-4,6-7,9-10H2,1H3. The van der Waals surface area contributed by atoms with E-state index in [0.717, 1.165) is 18.3 Å². The molecule has 1 aromatic heterocycles. The second-order valence-corrected chi connectivity index (χ2v) is 5.46. The van der Waals surface area contributed by atoms with Crippen LogP contribution in [0.5, 0.6) is 0 Å². The SMILES string of the molecule is Cc1ccoc1CNC1CCN2CCCC2C1. The molecule has 3 heteroatoms. The van der Waals surface area contributed by atoms with Gasteiger partial charge < -0.3 is 14.6 Å². The average Bonchev–Trinajstić information content (AvgIpc) is 2.94. The van der Waals surface area contributed by atoms with Gasteiger partial charge in [-0.2, -0.15) is 0 Å². The monoisotopic (exact) mass is 234 g/mol. The first-order chi connectivity index (χ1) is 8.33. The molecule has 2 unspecified atom stereocenters. The molecule has 3 heterocycles. The van der Waals surface area contributed by atoms with E-state index in [4.69, 9.17) is 4.42 Å². The molecule has 2 fully saturated rings. The van der Waals surface area contributed by atoms with Crippen molar-refractivity contribution in [3.05, 3.63) is 23.7 Å². The fraction of sp³-hybridized carbons (Fsp3) is 0.714. The van der Waals surface area contributed by atoms with E-state index < -0.39 is 0 Å². The zero-order chi connectivity index (χ0) is 11.7. The highest BCUT2D eigenvalue weighted by atomic mass is 16.3. The molecule has 3 nitrogen and oxygen atoms in total. The van der Waals surface area contributed by atoms with E-state index in [1.54, 1.807) is 6.26 Å². The van der Waals surface area contributed by atoms with Gasteiger partial charge in [-0.05, 0) is 57.3 Å². The Balaban J connectivity index is 1.51. The van der Waals surface area contributed by atoms with E-state index in [0.29, 0.717) is 6.04 Å². The molecule has 0 bridgehead atoms. The molecule has 0 aliphatic carbocycles. The van der Waals surface area contributed by atoms with E-state index >= 15 is 0 Å². The predicted molar refractivity (Wildman–Crippen MR) is 67.9 cm³/mol. The van der Waals surface area contributed by atoms with Gasteiger partial charge in [0.25, 0.3) is 0 Å². The minimum atomic E-state index is 0.679. The van der Waals surface area contributed by atoms with Crippen molar-refractivity contribution in [2.24, 2.45) is 0 Å².